The lowest BCUT2D eigenvalue weighted by atomic mass is 9.97. The molecule has 10 heteroatoms. The van der Waals surface area contributed by atoms with Crippen LogP contribution in [0.3, 0.4) is 0 Å². The Morgan fingerprint density at radius 2 is 1.38 bits per heavy atom. The average Bonchev–Trinajstić information content (AvgIpc) is 3.30. The van der Waals surface area contributed by atoms with Crippen LogP contribution < -0.4 is 4.72 Å². The topological polar surface area (TPSA) is 115 Å². The molecular weight excluding hydrogens is 486 g/mol. The van der Waals surface area contributed by atoms with Crippen molar-refractivity contribution in [3.63, 3.8) is 0 Å². The molecule has 0 amide bonds. The fourth-order valence-corrected chi connectivity index (χ4v) is 5.29. The fraction of sp³-hybridized carbons (Fsp3) is 0.0741. The van der Waals surface area contributed by atoms with Gasteiger partial charge in [0.1, 0.15) is 5.69 Å². The first-order valence-electron chi connectivity index (χ1n) is 11.5. The molecule has 0 spiro atoms. The average molecular weight is 508 g/mol. The molecule has 3 heterocycles. The first-order valence-corrected chi connectivity index (χ1v) is 13.0. The van der Waals surface area contributed by atoms with Crippen molar-refractivity contribution in [1.82, 2.24) is 30.0 Å². The Morgan fingerprint density at radius 3 is 2.05 bits per heavy atom. The zero-order chi connectivity index (χ0) is 25.6. The Morgan fingerprint density at radius 1 is 0.730 bits per heavy atom. The first-order chi connectivity index (χ1) is 17.9. The summed E-state index contributed by atoms with van der Waals surface area (Å²) in [7, 11) is -3.87. The number of aromatic nitrogens is 6. The number of sulfonamides is 1. The van der Waals surface area contributed by atoms with Crippen LogP contribution in [0.2, 0.25) is 0 Å². The molecule has 0 saturated carbocycles. The van der Waals surface area contributed by atoms with Crippen LogP contribution in [0.15, 0.2) is 89.8 Å². The maximum Gasteiger partial charge on any atom is 0.263 e. The highest BCUT2D eigenvalue weighted by Gasteiger charge is 2.23. The molecule has 37 heavy (non-hydrogen) atoms. The highest BCUT2D eigenvalue weighted by molar-refractivity contribution is 7.92. The number of nitrogens with one attached hydrogen (secondary N) is 1. The summed E-state index contributed by atoms with van der Waals surface area (Å²) >= 11 is 0. The molecule has 0 unspecified atom stereocenters. The molecule has 0 saturated heterocycles. The number of hydrogen-bond donors (Lipinski definition) is 1. The molecule has 0 atom stereocenters. The number of anilines is 1. The summed E-state index contributed by atoms with van der Waals surface area (Å²) in [6.45, 7) is 3.62. The van der Waals surface area contributed by atoms with Crippen LogP contribution in [-0.4, -0.2) is 38.4 Å². The lowest BCUT2D eigenvalue weighted by molar-refractivity contribution is 0.600. The van der Waals surface area contributed by atoms with Crippen LogP contribution in [0, 0.1) is 13.8 Å². The van der Waals surface area contributed by atoms with Crippen molar-refractivity contribution in [3.8, 4) is 22.4 Å². The van der Waals surface area contributed by atoms with Crippen molar-refractivity contribution in [2.75, 3.05) is 4.72 Å². The number of aryl methyl sites for hydroxylation is 2. The summed E-state index contributed by atoms with van der Waals surface area (Å²) < 4.78 is 30.1. The smallest absolute Gasteiger partial charge is 0.260 e. The van der Waals surface area contributed by atoms with Crippen molar-refractivity contribution in [1.29, 1.82) is 0 Å². The monoisotopic (exact) mass is 507 g/mol. The highest BCUT2D eigenvalue weighted by atomic mass is 32.2. The van der Waals surface area contributed by atoms with Crippen molar-refractivity contribution >= 4 is 32.5 Å². The molecule has 0 bridgehead atoms. The predicted molar refractivity (Wildman–Crippen MR) is 141 cm³/mol. The van der Waals surface area contributed by atoms with Gasteiger partial charge in [-0.3, -0.25) is 4.72 Å². The van der Waals surface area contributed by atoms with Gasteiger partial charge in [-0.1, -0.05) is 78.4 Å². The van der Waals surface area contributed by atoms with E-state index in [2.05, 4.69) is 30.2 Å². The van der Waals surface area contributed by atoms with E-state index in [0.717, 1.165) is 22.3 Å². The van der Waals surface area contributed by atoms with E-state index in [0.29, 0.717) is 28.1 Å². The molecule has 0 radical (unpaired) electrons. The second-order valence-corrected chi connectivity index (χ2v) is 10.3. The molecular formula is C27H21N7O2S. The lowest BCUT2D eigenvalue weighted by Gasteiger charge is -2.11. The Kier molecular flexibility index (Phi) is 5.38. The molecule has 182 valence electrons. The van der Waals surface area contributed by atoms with Gasteiger partial charge < -0.3 is 0 Å². The van der Waals surface area contributed by atoms with E-state index in [1.54, 1.807) is 35.7 Å². The van der Waals surface area contributed by atoms with Gasteiger partial charge in [0.2, 0.25) is 5.65 Å². The van der Waals surface area contributed by atoms with E-state index in [1.807, 2.05) is 67.6 Å². The third-order valence-corrected chi connectivity index (χ3v) is 7.51. The van der Waals surface area contributed by atoms with Crippen LogP contribution >= 0.6 is 0 Å². The van der Waals surface area contributed by atoms with E-state index in [9.17, 15) is 8.42 Å². The van der Waals surface area contributed by atoms with Gasteiger partial charge in [-0.05, 0) is 31.5 Å². The van der Waals surface area contributed by atoms with Gasteiger partial charge >= 0.3 is 0 Å². The van der Waals surface area contributed by atoms with E-state index < -0.39 is 10.0 Å². The van der Waals surface area contributed by atoms with Crippen LogP contribution in [-0.2, 0) is 10.0 Å². The number of rotatable bonds is 5. The van der Waals surface area contributed by atoms with E-state index in [4.69, 9.17) is 0 Å². The van der Waals surface area contributed by atoms with Crippen LogP contribution in [0.4, 0.5) is 5.82 Å². The minimum Gasteiger partial charge on any atom is -0.260 e. The summed E-state index contributed by atoms with van der Waals surface area (Å²) in [5, 5.41) is 22.9. The Labute approximate surface area is 212 Å². The fourth-order valence-electron chi connectivity index (χ4n) is 4.24. The van der Waals surface area contributed by atoms with Gasteiger partial charge in [-0.15, -0.1) is 25.5 Å². The van der Waals surface area contributed by atoms with Crippen molar-refractivity contribution < 1.29 is 8.42 Å². The Balaban J connectivity index is 1.56. The van der Waals surface area contributed by atoms with Gasteiger partial charge in [-0.25, -0.2) is 12.9 Å². The van der Waals surface area contributed by atoms with E-state index in [1.165, 1.54) is 0 Å². The second-order valence-electron chi connectivity index (χ2n) is 8.64. The zero-order valence-corrected chi connectivity index (χ0v) is 20.8. The van der Waals surface area contributed by atoms with Gasteiger partial charge in [0, 0.05) is 11.1 Å². The molecule has 3 aromatic heterocycles. The van der Waals surface area contributed by atoms with Crippen molar-refractivity contribution in [2.24, 2.45) is 0 Å². The molecule has 9 nitrogen and oxygen atoms in total. The van der Waals surface area contributed by atoms with Crippen LogP contribution in [0.5, 0.6) is 0 Å². The van der Waals surface area contributed by atoms with E-state index in [-0.39, 0.29) is 10.7 Å². The molecule has 1 N–H and O–H groups in total. The number of benzene rings is 3. The van der Waals surface area contributed by atoms with Crippen molar-refractivity contribution in [2.45, 2.75) is 18.7 Å². The standard InChI is InChI=1S/C27H21N7O2S/c1-17-13-15-21(16-14-17)37(35,36)33-25-18(2)34-27(31-29-25)23-22(19-9-5-3-6-10-19)24(28-30-26(23)32-34)20-11-7-4-8-12-20/h3-16,33H,1-2H3. The SMILES string of the molecule is Cc1ccc(S(=O)(=O)Nc2nnc3c4c(-c5ccccc5)c(-c5ccccc5)nnc4nn3c2C)cc1. The summed E-state index contributed by atoms with van der Waals surface area (Å²) in [5.41, 5.74) is 5.63. The summed E-state index contributed by atoms with van der Waals surface area (Å²) in [6, 6.07) is 26.2. The van der Waals surface area contributed by atoms with Gasteiger partial charge in [0.25, 0.3) is 10.0 Å². The largest absolute Gasteiger partial charge is 0.263 e. The predicted octanol–water partition coefficient (Wildman–Crippen LogP) is 4.82. The van der Waals surface area contributed by atoms with Crippen LogP contribution in [0.1, 0.15) is 11.3 Å². The van der Waals surface area contributed by atoms with Crippen LogP contribution in [0.25, 0.3) is 39.1 Å². The maximum absolute atomic E-state index is 13.0. The molecule has 6 aromatic rings. The molecule has 0 aliphatic rings. The zero-order valence-electron chi connectivity index (χ0n) is 20.0. The first kappa shape index (κ1) is 22.7. The molecule has 6 rings (SSSR count). The lowest BCUT2D eigenvalue weighted by Crippen LogP contribution is -2.17. The number of hydrogen-bond acceptors (Lipinski definition) is 7. The molecule has 0 aliphatic carbocycles. The quantitative estimate of drug-likeness (QED) is 0.356. The normalized spacial score (nSPS) is 11.7. The number of nitrogens with zero attached hydrogens (tertiary/aromatic N) is 6. The van der Waals surface area contributed by atoms with Gasteiger partial charge in [0.15, 0.2) is 11.5 Å². The Bertz CT molecular complexity index is 1870. The summed E-state index contributed by atoms with van der Waals surface area (Å²) in [4.78, 5) is 0.134. The van der Waals surface area contributed by atoms with E-state index >= 15 is 0 Å². The molecule has 0 fully saturated rings. The van der Waals surface area contributed by atoms with Gasteiger partial charge in [-0.2, -0.15) is 0 Å². The maximum atomic E-state index is 13.0. The minimum atomic E-state index is -3.87. The molecule has 3 aromatic carbocycles. The summed E-state index contributed by atoms with van der Waals surface area (Å²) in [5.74, 6) is 0.0818. The summed E-state index contributed by atoms with van der Waals surface area (Å²) in [6.07, 6.45) is 0. The Hall–Kier alpha value is -4.70. The second kappa shape index (κ2) is 8.75. The van der Waals surface area contributed by atoms with Crippen molar-refractivity contribution in [3.05, 3.63) is 96.2 Å². The third-order valence-electron chi connectivity index (χ3n) is 6.15. The minimum absolute atomic E-state index is 0.0818. The highest BCUT2D eigenvalue weighted by Crippen LogP contribution is 2.37. The van der Waals surface area contributed by atoms with Gasteiger partial charge in [0.05, 0.1) is 16.0 Å². The third kappa shape index (κ3) is 3.97. The number of fused-ring (bicyclic) bond motifs is 3. The molecule has 0 aliphatic heterocycles.